The lowest BCUT2D eigenvalue weighted by Crippen LogP contribution is -2.39. The zero-order chi connectivity index (χ0) is 10.2. The number of hydrogen-bond acceptors (Lipinski definition) is 2. The van der Waals surface area contributed by atoms with Gasteiger partial charge in [0.25, 0.3) is 0 Å². The van der Waals surface area contributed by atoms with Gasteiger partial charge >= 0.3 is 0 Å². The molecule has 0 spiro atoms. The molecule has 3 unspecified atom stereocenters. The summed E-state index contributed by atoms with van der Waals surface area (Å²) in [5.41, 5.74) is 0.320. The minimum absolute atomic E-state index is 0.0718. The average molecular weight is 198 g/mol. The molecule has 2 fully saturated rings. The number of fused-ring (bicyclic) bond motifs is 1. The molecule has 0 amide bonds. The molecule has 0 aromatic rings. The predicted molar refractivity (Wildman–Crippen MR) is 55.9 cm³/mol. The van der Waals surface area contributed by atoms with Crippen LogP contribution in [0.25, 0.3) is 0 Å². The Balaban J connectivity index is 2.12. The van der Waals surface area contributed by atoms with Gasteiger partial charge in [-0.05, 0) is 49.4 Å². The second kappa shape index (κ2) is 3.82. The maximum atomic E-state index is 9.97. The van der Waals surface area contributed by atoms with E-state index in [1.54, 1.807) is 0 Å². The van der Waals surface area contributed by atoms with Crippen molar-refractivity contribution in [2.45, 2.75) is 51.6 Å². The highest BCUT2D eigenvalue weighted by Gasteiger charge is 2.50. The molecule has 0 aromatic heterocycles. The fraction of sp³-hybridized carbons (Fsp3) is 1.00. The number of aliphatic hydroxyl groups excluding tert-OH is 2. The van der Waals surface area contributed by atoms with Crippen LogP contribution in [0.5, 0.6) is 0 Å². The molecular formula is C12H22O2. The molecule has 2 rings (SSSR count). The van der Waals surface area contributed by atoms with Gasteiger partial charge in [-0.3, -0.25) is 0 Å². The maximum Gasteiger partial charge on any atom is 0.0573 e. The zero-order valence-electron chi connectivity index (χ0n) is 9.08. The first-order chi connectivity index (χ1) is 6.68. The van der Waals surface area contributed by atoms with Crippen LogP contribution in [-0.4, -0.2) is 22.9 Å². The Morgan fingerprint density at radius 2 is 2.07 bits per heavy atom. The number of aliphatic hydroxyl groups is 2. The highest BCUT2D eigenvalue weighted by atomic mass is 16.3. The molecule has 14 heavy (non-hydrogen) atoms. The molecule has 82 valence electrons. The summed E-state index contributed by atoms with van der Waals surface area (Å²) in [5.74, 6) is 1.15. The molecule has 2 N–H and O–H groups in total. The van der Waals surface area contributed by atoms with Gasteiger partial charge in [0.05, 0.1) is 6.10 Å². The van der Waals surface area contributed by atoms with E-state index in [1.165, 1.54) is 19.3 Å². The Bertz CT molecular complexity index is 204. The molecule has 2 nitrogen and oxygen atoms in total. The number of rotatable bonds is 2. The van der Waals surface area contributed by atoms with Crippen LogP contribution < -0.4 is 0 Å². The quantitative estimate of drug-likeness (QED) is 0.712. The third-order valence-corrected chi connectivity index (χ3v) is 4.76. The SMILES string of the molecule is CC12CCC[C@H](O)C1CCC2CCO. The fourth-order valence-corrected chi connectivity index (χ4v) is 3.89. The monoisotopic (exact) mass is 198 g/mol. The van der Waals surface area contributed by atoms with E-state index in [0.717, 1.165) is 19.3 Å². The van der Waals surface area contributed by atoms with Gasteiger partial charge in [0.15, 0.2) is 0 Å². The van der Waals surface area contributed by atoms with Crippen LogP contribution in [0, 0.1) is 17.3 Å². The first-order valence-electron chi connectivity index (χ1n) is 5.97. The van der Waals surface area contributed by atoms with E-state index in [2.05, 4.69) is 6.92 Å². The highest BCUT2D eigenvalue weighted by Crippen LogP contribution is 2.56. The molecule has 2 heteroatoms. The molecule has 4 atom stereocenters. The van der Waals surface area contributed by atoms with E-state index in [4.69, 9.17) is 5.11 Å². The van der Waals surface area contributed by atoms with Crippen molar-refractivity contribution in [3.8, 4) is 0 Å². The molecule has 0 radical (unpaired) electrons. The van der Waals surface area contributed by atoms with Crippen molar-refractivity contribution in [1.82, 2.24) is 0 Å². The third kappa shape index (κ3) is 1.49. The van der Waals surface area contributed by atoms with Crippen molar-refractivity contribution in [3.63, 3.8) is 0 Å². The Morgan fingerprint density at radius 1 is 1.29 bits per heavy atom. The van der Waals surface area contributed by atoms with Gasteiger partial charge < -0.3 is 10.2 Å². The molecule has 0 heterocycles. The second-order valence-electron chi connectivity index (χ2n) is 5.36. The molecule has 2 aliphatic carbocycles. The van der Waals surface area contributed by atoms with E-state index >= 15 is 0 Å². The second-order valence-corrected chi connectivity index (χ2v) is 5.36. The summed E-state index contributed by atoms with van der Waals surface area (Å²) in [7, 11) is 0. The van der Waals surface area contributed by atoms with E-state index in [0.29, 0.717) is 23.9 Å². The number of hydrogen-bond donors (Lipinski definition) is 2. The van der Waals surface area contributed by atoms with Gasteiger partial charge in [0.2, 0.25) is 0 Å². The van der Waals surface area contributed by atoms with Gasteiger partial charge in [-0.1, -0.05) is 13.3 Å². The Morgan fingerprint density at radius 3 is 2.79 bits per heavy atom. The van der Waals surface area contributed by atoms with Crippen molar-refractivity contribution in [2.75, 3.05) is 6.61 Å². The average Bonchev–Trinajstić information content (AvgIpc) is 2.46. The third-order valence-electron chi connectivity index (χ3n) is 4.76. The first-order valence-corrected chi connectivity index (χ1v) is 5.97. The standard InChI is InChI=1S/C12H22O2/c1-12-7-2-3-11(14)10(12)5-4-9(12)6-8-13/h9-11,13-14H,2-8H2,1H3/t9?,10?,11-,12?/m0/s1. The summed E-state index contributed by atoms with van der Waals surface area (Å²) >= 11 is 0. The first kappa shape index (κ1) is 10.4. The van der Waals surface area contributed by atoms with E-state index in [9.17, 15) is 5.11 Å². The minimum atomic E-state index is -0.0718. The van der Waals surface area contributed by atoms with E-state index in [-0.39, 0.29) is 6.10 Å². The van der Waals surface area contributed by atoms with Crippen molar-refractivity contribution in [2.24, 2.45) is 17.3 Å². The maximum absolute atomic E-state index is 9.97. The van der Waals surface area contributed by atoms with Gasteiger partial charge in [-0.15, -0.1) is 0 Å². The summed E-state index contributed by atoms with van der Waals surface area (Å²) < 4.78 is 0. The molecule has 0 saturated heterocycles. The van der Waals surface area contributed by atoms with Crippen LogP contribution in [0.3, 0.4) is 0 Å². The van der Waals surface area contributed by atoms with Crippen LogP contribution >= 0.6 is 0 Å². The molecule has 2 saturated carbocycles. The van der Waals surface area contributed by atoms with Gasteiger partial charge in [0, 0.05) is 6.61 Å². The van der Waals surface area contributed by atoms with E-state index < -0.39 is 0 Å². The summed E-state index contributed by atoms with van der Waals surface area (Å²) in [5, 5.41) is 19.0. The van der Waals surface area contributed by atoms with Gasteiger partial charge in [-0.2, -0.15) is 0 Å². The topological polar surface area (TPSA) is 40.5 Å². The molecule has 0 aliphatic heterocycles. The van der Waals surface area contributed by atoms with Crippen molar-refractivity contribution in [3.05, 3.63) is 0 Å². The van der Waals surface area contributed by atoms with Crippen LogP contribution in [0.15, 0.2) is 0 Å². The Kier molecular flexibility index (Phi) is 2.85. The fourth-order valence-electron chi connectivity index (χ4n) is 3.89. The Labute approximate surface area is 86.3 Å². The van der Waals surface area contributed by atoms with E-state index in [1.807, 2.05) is 0 Å². The summed E-state index contributed by atoms with van der Waals surface area (Å²) in [6.45, 7) is 2.64. The smallest absolute Gasteiger partial charge is 0.0573 e. The molecule has 0 bridgehead atoms. The lowest BCUT2D eigenvalue weighted by atomic mass is 9.64. The van der Waals surface area contributed by atoms with Crippen LogP contribution in [0.4, 0.5) is 0 Å². The lowest BCUT2D eigenvalue weighted by Gasteiger charge is -2.43. The minimum Gasteiger partial charge on any atom is -0.396 e. The molecule has 2 aliphatic rings. The summed E-state index contributed by atoms with van der Waals surface area (Å²) in [6, 6.07) is 0. The van der Waals surface area contributed by atoms with Crippen molar-refractivity contribution >= 4 is 0 Å². The van der Waals surface area contributed by atoms with Crippen LogP contribution in [0.1, 0.15) is 45.4 Å². The molecule has 0 aromatic carbocycles. The van der Waals surface area contributed by atoms with Gasteiger partial charge in [-0.25, -0.2) is 0 Å². The molecular weight excluding hydrogens is 176 g/mol. The Hall–Kier alpha value is -0.0800. The summed E-state index contributed by atoms with van der Waals surface area (Å²) in [6.07, 6.45) is 6.64. The lowest BCUT2D eigenvalue weighted by molar-refractivity contribution is -0.0207. The normalized spacial score (nSPS) is 47.8. The van der Waals surface area contributed by atoms with Crippen LogP contribution in [0.2, 0.25) is 0 Å². The summed E-state index contributed by atoms with van der Waals surface area (Å²) in [4.78, 5) is 0. The van der Waals surface area contributed by atoms with Gasteiger partial charge in [0.1, 0.15) is 0 Å². The van der Waals surface area contributed by atoms with Crippen molar-refractivity contribution < 1.29 is 10.2 Å². The predicted octanol–water partition coefficient (Wildman–Crippen LogP) is 1.95. The van der Waals surface area contributed by atoms with Crippen molar-refractivity contribution in [1.29, 1.82) is 0 Å². The largest absolute Gasteiger partial charge is 0.396 e. The zero-order valence-corrected chi connectivity index (χ0v) is 9.08. The van der Waals surface area contributed by atoms with Crippen LogP contribution in [-0.2, 0) is 0 Å². The highest BCUT2D eigenvalue weighted by molar-refractivity contribution is 5.00.